The zero-order chi connectivity index (χ0) is 6.43. The van der Waals surface area contributed by atoms with Gasteiger partial charge in [0.05, 0.1) is 12.2 Å². The Morgan fingerprint density at radius 3 is 1.56 bits per heavy atom. The summed E-state index contributed by atoms with van der Waals surface area (Å²) in [6.45, 7) is 0. The topological polar surface area (TPSA) is 40.5 Å². The van der Waals surface area contributed by atoms with Crippen LogP contribution in [0.4, 0.5) is 0 Å². The summed E-state index contributed by atoms with van der Waals surface area (Å²) in [6.07, 6.45) is 1.74. The fourth-order valence-corrected chi connectivity index (χ4v) is 2.26. The molecule has 0 heterocycles. The quantitative estimate of drug-likeness (QED) is 0.575. The standard InChI is InChI=1S/C6H10O2S/c7-3-1-5(3)9-6-2-4(6)8/h3-8H,1-2H2. The van der Waals surface area contributed by atoms with Crippen molar-refractivity contribution in [1.82, 2.24) is 0 Å². The second kappa shape index (κ2) is 1.87. The molecule has 4 unspecified atom stereocenters. The van der Waals surface area contributed by atoms with Gasteiger partial charge in [0.2, 0.25) is 0 Å². The van der Waals surface area contributed by atoms with Crippen molar-refractivity contribution in [2.45, 2.75) is 35.5 Å². The van der Waals surface area contributed by atoms with E-state index in [0.717, 1.165) is 12.8 Å². The molecule has 2 rings (SSSR count). The Morgan fingerprint density at radius 1 is 1.00 bits per heavy atom. The summed E-state index contributed by atoms with van der Waals surface area (Å²) >= 11 is 1.75. The second-order valence-corrected chi connectivity index (χ2v) is 4.30. The zero-order valence-corrected chi connectivity index (χ0v) is 5.84. The van der Waals surface area contributed by atoms with E-state index in [1.807, 2.05) is 0 Å². The summed E-state index contributed by atoms with van der Waals surface area (Å²) in [4.78, 5) is 0. The van der Waals surface area contributed by atoms with Gasteiger partial charge in [-0.3, -0.25) is 0 Å². The molecule has 2 saturated carbocycles. The molecule has 0 aromatic heterocycles. The molecular formula is C6H10O2S. The van der Waals surface area contributed by atoms with Crippen molar-refractivity contribution < 1.29 is 10.2 Å². The van der Waals surface area contributed by atoms with Gasteiger partial charge in [-0.05, 0) is 12.8 Å². The third-order valence-electron chi connectivity index (χ3n) is 1.75. The monoisotopic (exact) mass is 146 g/mol. The van der Waals surface area contributed by atoms with Crippen LogP contribution in [0.25, 0.3) is 0 Å². The normalized spacial score (nSPS) is 55.3. The molecular weight excluding hydrogens is 136 g/mol. The molecule has 3 heteroatoms. The van der Waals surface area contributed by atoms with Gasteiger partial charge in [0.15, 0.2) is 0 Å². The van der Waals surface area contributed by atoms with E-state index < -0.39 is 0 Å². The maximum absolute atomic E-state index is 8.89. The molecule has 2 fully saturated rings. The lowest BCUT2D eigenvalue weighted by atomic mass is 10.9. The first-order chi connectivity index (χ1) is 4.27. The van der Waals surface area contributed by atoms with E-state index in [4.69, 9.17) is 10.2 Å². The molecule has 2 aliphatic rings. The van der Waals surface area contributed by atoms with Crippen LogP contribution in [0.2, 0.25) is 0 Å². The molecule has 0 aliphatic heterocycles. The van der Waals surface area contributed by atoms with Crippen LogP contribution in [0.5, 0.6) is 0 Å². The number of aliphatic hydroxyl groups is 2. The highest BCUT2D eigenvalue weighted by molar-refractivity contribution is 8.01. The van der Waals surface area contributed by atoms with Gasteiger partial charge >= 0.3 is 0 Å². The van der Waals surface area contributed by atoms with Gasteiger partial charge in [-0.15, -0.1) is 11.8 Å². The van der Waals surface area contributed by atoms with E-state index in [9.17, 15) is 0 Å². The minimum Gasteiger partial charge on any atom is -0.392 e. The molecule has 2 nitrogen and oxygen atoms in total. The van der Waals surface area contributed by atoms with Crippen molar-refractivity contribution in [2.24, 2.45) is 0 Å². The van der Waals surface area contributed by atoms with Crippen LogP contribution in [0, 0.1) is 0 Å². The van der Waals surface area contributed by atoms with Crippen LogP contribution in [0.1, 0.15) is 12.8 Å². The van der Waals surface area contributed by atoms with Crippen LogP contribution in [0.3, 0.4) is 0 Å². The maximum atomic E-state index is 8.89. The van der Waals surface area contributed by atoms with Crippen LogP contribution in [-0.2, 0) is 0 Å². The number of hydrogen-bond donors (Lipinski definition) is 2. The maximum Gasteiger partial charge on any atom is 0.0671 e. The van der Waals surface area contributed by atoms with Crippen molar-refractivity contribution in [3.05, 3.63) is 0 Å². The Hall–Kier alpha value is 0.270. The van der Waals surface area contributed by atoms with Gasteiger partial charge in [0, 0.05) is 10.5 Å². The molecule has 0 bridgehead atoms. The van der Waals surface area contributed by atoms with Crippen LogP contribution < -0.4 is 0 Å². The number of hydrogen-bond acceptors (Lipinski definition) is 3. The Bertz CT molecular complexity index is 114. The molecule has 0 amide bonds. The molecule has 0 radical (unpaired) electrons. The van der Waals surface area contributed by atoms with Gasteiger partial charge in [-0.1, -0.05) is 0 Å². The number of rotatable bonds is 2. The number of thioether (sulfide) groups is 1. The first kappa shape index (κ1) is 6.01. The Balaban J connectivity index is 1.69. The van der Waals surface area contributed by atoms with Crippen molar-refractivity contribution in [1.29, 1.82) is 0 Å². The summed E-state index contributed by atoms with van der Waals surface area (Å²) in [5, 5.41) is 18.7. The van der Waals surface area contributed by atoms with Gasteiger partial charge in [0.1, 0.15) is 0 Å². The summed E-state index contributed by atoms with van der Waals surface area (Å²) in [6, 6.07) is 0. The third-order valence-corrected chi connectivity index (χ3v) is 3.46. The molecule has 9 heavy (non-hydrogen) atoms. The van der Waals surface area contributed by atoms with E-state index in [2.05, 4.69) is 0 Å². The van der Waals surface area contributed by atoms with E-state index in [-0.39, 0.29) is 12.2 Å². The lowest BCUT2D eigenvalue weighted by Gasteiger charge is -1.91. The van der Waals surface area contributed by atoms with Gasteiger partial charge < -0.3 is 10.2 Å². The van der Waals surface area contributed by atoms with E-state index in [1.54, 1.807) is 11.8 Å². The predicted molar refractivity (Wildman–Crippen MR) is 36.4 cm³/mol. The van der Waals surface area contributed by atoms with Gasteiger partial charge in [-0.2, -0.15) is 0 Å². The van der Waals surface area contributed by atoms with Crippen molar-refractivity contribution >= 4 is 11.8 Å². The molecule has 0 saturated heterocycles. The lowest BCUT2D eigenvalue weighted by Crippen LogP contribution is -1.91. The highest BCUT2D eigenvalue weighted by Crippen LogP contribution is 2.45. The Morgan fingerprint density at radius 2 is 1.33 bits per heavy atom. The van der Waals surface area contributed by atoms with Crippen molar-refractivity contribution in [3.8, 4) is 0 Å². The van der Waals surface area contributed by atoms with Crippen molar-refractivity contribution in [3.63, 3.8) is 0 Å². The fraction of sp³-hybridized carbons (Fsp3) is 1.00. The highest BCUT2D eigenvalue weighted by atomic mass is 32.2. The van der Waals surface area contributed by atoms with Crippen LogP contribution in [-0.4, -0.2) is 32.9 Å². The van der Waals surface area contributed by atoms with Crippen LogP contribution >= 0.6 is 11.8 Å². The minimum atomic E-state index is -0.0669. The van der Waals surface area contributed by atoms with E-state index in [1.165, 1.54) is 0 Å². The molecule has 2 aliphatic carbocycles. The SMILES string of the molecule is OC1CC1SC1CC1O. The zero-order valence-electron chi connectivity index (χ0n) is 5.03. The minimum absolute atomic E-state index is 0.0669. The van der Waals surface area contributed by atoms with Crippen molar-refractivity contribution in [2.75, 3.05) is 0 Å². The molecule has 2 N–H and O–H groups in total. The average molecular weight is 146 g/mol. The second-order valence-electron chi connectivity index (χ2n) is 2.82. The first-order valence-corrected chi connectivity index (χ1v) is 4.23. The third kappa shape index (κ3) is 1.23. The largest absolute Gasteiger partial charge is 0.392 e. The molecule has 52 valence electrons. The molecule has 0 aromatic rings. The summed E-state index contributed by atoms with van der Waals surface area (Å²) in [5.74, 6) is 0. The lowest BCUT2D eigenvalue weighted by molar-refractivity contribution is 0.278. The van der Waals surface area contributed by atoms with Gasteiger partial charge in [0.25, 0.3) is 0 Å². The average Bonchev–Trinajstić information content (AvgIpc) is 2.59. The van der Waals surface area contributed by atoms with Gasteiger partial charge in [-0.25, -0.2) is 0 Å². The summed E-state index contributed by atoms with van der Waals surface area (Å²) in [5.41, 5.74) is 0. The Labute approximate surface area is 58.3 Å². The van der Waals surface area contributed by atoms with E-state index >= 15 is 0 Å². The summed E-state index contributed by atoms with van der Waals surface area (Å²) < 4.78 is 0. The Kier molecular flexibility index (Phi) is 1.25. The fourth-order valence-electron chi connectivity index (χ4n) is 0.836. The highest BCUT2D eigenvalue weighted by Gasteiger charge is 2.45. The molecule has 0 spiro atoms. The summed E-state index contributed by atoms with van der Waals surface area (Å²) in [7, 11) is 0. The molecule has 4 atom stereocenters. The van der Waals surface area contributed by atoms with E-state index in [0.29, 0.717) is 10.5 Å². The first-order valence-electron chi connectivity index (χ1n) is 3.29. The predicted octanol–water partition coefficient (Wildman–Crippen LogP) is -0.0140. The number of aliphatic hydroxyl groups excluding tert-OH is 2. The smallest absolute Gasteiger partial charge is 0.0671 e. The van der Waals surface area contributed by atoms with Crippen LogP contribution in [0.15, 0.2) is 0 Å². The molecule has 0 aromatic carbocycles.